The molecule has 0 radical (unpaired) electrons. The number of pyridine rings is 1. The average molecular weight is 339 g/mol. The highest BCUT2D eigenvalue weighted by Crippen LogP contribution is 2.18. The topological polar surface area (TPSA) is 45.7 Å². The molecule has 0 spiro atoms. The van der Waals surface area contributed by atoms with Crippen LogP contribution in [0.5, 0.6) is 5.75 Å². The Kier molecular flexibility index (Phi) is 5.66. The number of likely N-dealkylation sites (N-methyl/N-ethyl adjacent to an activating group) is 1. The van der Waals surface area contributed by atoms with Crippen LogP contribution in [0.2, 0.25) is 0 Å². The van der Waals surface area contributed by atoms with Crippen molar-refractivity contribution < 1.29 is 9.53 Å². The van der Waals surface area contributed by atoms with Gasteiger partial charge in [0.2, 0.25) is 5.91 Å². The average Bonchev–Trinajstić information content (AvgIpc) is 2.60. The number of amides is 1. The Balaban J connectivity index is 1.40. The van der Waals surface area contributed by atoms with E-state index in [1.54, 1.807) is 13.3 Å². The maximum absolute atomic E-state index is 12.3. The van der Waals surface area contributed by atoms with Crippen molar-refractivity contribution in [3.05, 3.63) is 59.9 Å². The summed E-state index contributed by atoms with van der Waals surface area (Å²) in [4.78, 5) is 20.7. The summed E-state index contributed by atoms with van der Waals surface area (Å²) in [6.07, 6.45) is 5.02. The van der Waals surface area contributed by atoms with Gasteiger partial charge in [-0.25, -0.2) is 0 Å². The number of methoxy groups -OCH3 is 1. The van der Waals surface area contributed by atoms with Gasteiger partial charge in [-0.15, -0.1) is 0 Å². The Bertz CT molecular complexity index is 682. The van der Waals surface area contributed by atoms with E-state index in [4.69, 9.17) is 4.74 Å². The number of hydrogen-bond donors (Lipinski definition) is 0. The Morgan fingerprint density at radius 3 is 2.64 bits per heavy atom. The van der Waals surface area contributed by atoms with E-state index < -0.39 is 0 Å². The summed E-state index contributed by atoms with van der Waals surface area (Å²) in [5.74, 6) is 1.08. The third-order valence-electron chi connectivity index (χ3n) is 4.78. The van der Waals surface area contributed by atoms with E-state index in [-0.39, 0.29) is 5.91 Å². The van der Waals surface area contributed by atoms with E-state index in [1.807, 2.05) is 41.4 Å². The molecule has 132 valence electrons. The van der Waals surface area contributed by atoms with E-state index in [0.717, 1.165) is 31.8 Å². The lowest BCUT2D eigenvalue weighted by molar-refractivity contribution is -0.138. The number of nitrogens with zero attached hydrogens (tertiary/aromatic N) is 3. The fourth-order valence-electron chi connectivity index (χ4n) is 3.05. The molecule has 25 heavy (non-hydrogen) atoms. The highest BCUT2D eigenvalue weighted by Gasteiger charge is 2.32. The van der Waals surface area contributed by atoms with Crippen molar-refractivity contribution in [2.75, 3.05) is 27.2 Å². The minimum atomic E-state index is 0.238. The van der Waals surface area contributed by atoms with Crippen molar-refractivity contribution in [1.29, 1.82) is 0 Å². The predicted octanol–water partition coefficient (Wildman–Crippen LogP) is 2.37. The van der Waals surface area contributed by atoms with E-state index in [9.17, 15) is 4.79 Å². The van der Waals surface area contributed by atoms with Crippen LogP contribution in [0.15, 0.2) is 48.8 Å². The third kappa shape index (κ3) is 4.57. The van der Waals surface area contributed by atoms with Crippen molar-refractivity contribution in [2.24, 2.45) is 0 Å². The van der Waals surface area contributed by atoms with Crippen LogP contribution < -0.4 is 4.74 Å². The Morgan fingerprint density at radius 1 is 1.24 bits per heavy atom. The number of carbonyl (C=O) groups is 1. The molecule has 0 saturated carbocycles. The number of carbonyl (C=O) groups excluding carboxylic acids is 1. The van der Waals surface area contributed by atoms with Gasteiger partial charge < -0.3 is 9.64 Å². The maximum atomic E-state index is 12.3. The van der Waals surface area contributed by atoms with Gasteiger partial charge in [0.05, 0.1) is 7.11 Å². The second-order valence-electron chi connectivity index (χ2n) is 6.58. The van der Waals surface area contributed by atoms with Crippen LogP contribution in [-0.2, 0) is 17.8 Å². The Labute approximate surface area is 149 Å². The molecule has 0 N–H and O–H groups in total. The smallest absolute Gasteiger partial charge is 0.223 e. The number of hydrogen-bond acceptors (Lipinski definition) is 4. The number of aryl methyl sites for hydroxylation is 1. The molecule has 0 atom stereocenters. The molecule has 1 aliphatic rings. The highest BCUT2D eigenvalue weighted by atomic mass is 16.5. The molecule has 2 aromatic rings. The molecule has 1 aliphatic heterocycles. The van der Waals surface area contributed by atoms with E-state index >= 15 is 0 Å². The molecule has 0 unspecified atom stereocenters. The Hall–Kier alpha value is -2.40. The third-order valence-corrected chi connectivity index (χ3v) is 4.78. The van der Waals surface area contributed by atoms with Crippen LogP contribution in [0, 0.1) is 0 Å². The lowest BCUT2D eigenvalue weighted by atomic mass is 10.0. The second kappa shape index (κ2) is 8.12. The van der Waals surface area contributed by atoms with Crippen molar-refractivity contribution in [3.8, 4) is 5.75 Å². The summed E-state index contributed by atoms with van der Waals surface area (Å²) in [7, 11) is 3.76. The fraction of sp³-hybridized carbons (Fsp3) is 0.400. The fourth-order valence-corrected chi connectivity index (χ4v) is 3.05. The summed E-state index contributed by atoms with van der Waals surface area (Å²) in [5.41, 5.74) is 2.37. The predicted molar refractivity (Wildman–Crippen MR) is 97.4 cm³/mol. The largest absolute Gasteiger partial charge is 0.497 e. The van der Waals surface area contributed by atoms with Gasteiger partial charge in [0.1, 0.15) is 5.75 Å². The van der Waals surface area contributed by atoms with Crippen molar-refractivity contribution in [3.63, 3.8) is 0 Å². The van der Waals surface area contributed by atoms with Gasteiger partial charge >= 0.3 is 0 Å². The first kappa shape index (κ1) is 17.4. The molecule has 0 aliphatic carbocycles. The number of ether oxygens (including phenoxy) is 1. The first-order chi connectivity index (χ1) is 12.2. The normalized spacial score (nSPS) is 14.4. The van der Waals surface area contributed by atoms with E-state index in [2.05, 4.69) is 23.0 Å². The molecule has 1 fully saturated rings. The molecule has 2 heterocycles. The quantitative estimate of drug-likeness (QED) is 0.777. The van der Waals surface area contributed by atoms with Gasteiger partial charge in [0.25, 0.3) is 0 Å². The summed E-state index contributed by atoms with van der Waals surface area (Å²) < 4.78 is 5.15. The molecular weight excluding hydrogens is 314 g/mol. The molecule has 0 bridgehead atoms. The zero-order valence-corrected chi connectivity index (χ0v) is 14.9. The minimum Gasteiger partial charge on any atom is -0.497 e. The van der Waals surface area contributed by atoms with Crippen LogP contribution in [0.4, 0.5) is 0 Å². The van der Waals surface area contributed by atoms with Gasteiger partial charge in [-0.2, -0.15) is 0 Å². The lowest BCUT2D eigenvalue weighted by Gasteiger charge is -2.44. The van der Waals surface area contributed by atoms with E-state index in [0.29, 0.717) is 12.5 Å². The zero-order valence-electron chi connectivity index (χ0n) is 14.9. The van der Waals surface area contributed by atoms with Crippen LogP contribution in [0.1, 0.15) is 17.5 Å². The monoisotopic (exact) mass is 339 g/mol. The molecule has 1 amide bonds. The maximum Gasteiger partial charge on any atom is 0.223 e. The number of rotatable bonds is 7. The van der Waals surface area contributed by atoms with Crippen molar-refractivity contribution in [2.45, 2.75) is 25.4 Å². The minimum absolute atomic E-state index is 0.238. The number of benzene rings is 1. The van der Waals surface area contributed by atoms with Crippen LogP contribution in [0.3, 0.4) is 0 Å². The molecule has 1 aromatic heterocycles. The molecule has 5 nitrogen and oxygen atoms in total. The highest BCUT2D eigenvalue weighted by molar-refractivity contribution is 5.77. The molecule has 5 heteroatoms. The summed E-state index contributed by atoms with van der Waals surface area (Å²) in [6, 6.07) is 12.4. The summed E-state index contributed by atoms with van der Waals surface area (Å²) in [6.45, 7) is 2.50. The number of likely N-dealkylation sites (tertiary alicyclic amines) is 1. The molecule has 1 aromatic carbocycles. The van der Waals surface area contributed by atoms with Crippen LogP contribution >= 0.6 is 0 Å². The van der Waals surface area contributed by atoms with Gasteiger partial charge in [-0.3, -0.25) is 14.7 Å². The molecule has 1 saturated heterocycles. The molecular formula is C20H25N3O2. The summed E-state index contributed by atoms with van der Waals surface area (Å²) >= 11 is 0. The van der Waals surface area contributed by atoms with Gasteiger partial charge in [0.15, 0.2) is 0 Å². The number of aromatic nitrogens is 1. The standard InChI is InChI=1S/C20H25N3O2/c1-22(13-17-4-3-11-21-12-17)18-14-23(15-18)20(24)10-7-16-5-8-19(25-2)9-6-16/h3-6,8-9,11-12,18H,7,10,13-15H2,1-2H3. The van der Waals surface area contributed by atoms with Crippen molar-refractivity contribution in [1.82, 2.24) is 14.8 Å². The lowest BCUT2D eigenvalue weighted by Crippen LogP contribution is -2.59. The molecule has 3 rings (SSSR count). The van der Waals surface area contributed by atoms with Crippen LogP contribution in [-0.4, -0.2) is 54.0 Å². The zero-order chi connectivity index (χ0) is 17.6. The second-order valence-corrected chi connectivity index (χ2v) is 6.58. The Morgan fingerprint density at radius 2 is 2.00 bits per heavy atom. The van der Waals surface area contributed by atoms with Crippen LogP contribution in [0.25, 0.3) is 0 Å². The van der Waals surface area contributed by atoms with Gasteiger partial charge in [-0.05, 0) is 42.8 Å². The van der Waals surface area contributed by atoms with E-state index in [1.165, 1.54) is 11.1 Å². The van der Waals surface area contributed by atoms with Gasteiger partial charge in [0, 0.05) is 44.5 Å². The summed E-state index contributed by atoms with van der Waals surface area (Å²) in [5, 5.41) is 0. The van der Waals surface area contributed by atoms with Crippen molar-refractivity contribution >= 4 is 5.91 Å². The SMILES string of the molecule is COc1ccc(CCC(=O)N2CC(N(C)Cc3cccnc3)C2)cc1. The first-order valence-corrected chi connectivity index (χ1v) is 8.65. The van der Waals surface area contributed by atoms with Gasteiger partial charge in [-0.1, -0.05) is 18.2 Å². The first-order valence-electron chi connectivity index (χ1n) is 8.65.